The maximum Gasteiger partial charge on any atom is 0.273 e. The third kappa shape index (κ3) is 5.95. The highest BCUT2D eigenvalue weighted by Crippen LogP contribution is 2.29. The van der Waals surface area contributed by atoms with Crippen LogP contribution in [0.4, 0.5) is 0 Å². The van der Waals surface area contributed by atoms with Crippen molar-refractivity contribution in [1.29, 1.82) is 0 Å². The van der Waals surface area contributed by atoms with Gasteiger partial charge in [-0.2, -0.15) is 5.10 Å². The van der Waals surface area contributed by atoms with Crippen LogP contribution >= 0.6 is 0 Å². The van der Waals surface area contributed by atoms with E-state index in [2.05, 4.69) is 22.5 Å². The topological polar surface area (TPSA) is 76.5 Å². The summed E-state index contributed by atoms with van der Waals surface area (Å²) in [5.74, 6) is -0.224. The molecule has 4 rings (SSSR count). The zero-order chi connectivity index (χ0) is 24.7. The van der Waals surface area contributed by atoms with Crippen LogP contribution in [0.15, 0.2) is 48.7 Å². The van der Waals surface area contributed by atoms with Crippen molar-refractivity contribution >= 4 is 11.8 Å². The van der Waals surface area contributed by atoms with Crippen LogP contribution in [0.1, 0.15) is 80.5 Å². The van der Waals surface area contributed by atoms with Crippen LogP contribution in [0.25, 0.3) is 0 Å². The summed E-state index contributed by atoms with van der Waals surface area (Å²) in [7, 11) is 0. The molecule has 0 radical (unpaired) electrons. The highest BCUT2D eigenvalue weighted by atomic mass is 16.5. The molecule has 1 saturated carbocycles. The Morgan fingerprint density at radius 1 is 1.20 bits per heavy atom. The van der Waals surface area contributed by atoms with Gasteiger partial charge in [0.05, 0.1) is 12.8 Å². The molecule has 1 N–H and O–H groups in total. The van der Waals surface area contributed by atoms with Crippen molar-refractivity contribution in [1.82, 2.24) is 20.0 Å². The van der Waals surface area contributed by atoms with E-state index in [4.69, 9.17) is 4.74 Å². The molecule has 2 heterocycles. The number of rotatable bonds is 9. The van der Waals surface area contributed by atoms with Crippen LogP contribution in [0, 0.1) is 0 Å². The Balaban J connectivity index is 1.55. The molecule has 1 aromatic heterocycles. The number of carbonyl (C=O) groups is 2. The third-order valence-corrected chi connectivity index (χ3v) is 7.18. The Kier molecular flexibility index (Phi) is 8.26. The Morgan fingerprint density at radius 3 is 2.66 bits per heavy atom. The lowest BCUT2D eigenvalue weighted by molar-refractivity contribution is -0.134. The van der Waals surface area contributed by atoms with Gasteiger partial charge in [-0.1, -0.05) is 62.1 Å². The van der Waals surface area contributed by atoms with Crippen LogP contribution in [0.2, 0.25) is 0 Å². The summed E-state index contributed by atoms with van der Waals surface area (Å²) in [4.78, 5) is 29.2. The first kappa shape index (κ1) is 25.0. The fourth-order valence-corrected chi connectivity index (χ4v) is 5.20. The second kappa shape index (κ2) is 11.6. The van der Waals surface area contributed by atoms with Gasteiger partial charge in [0, 0.05) is 12.6 Å². The number of aromatic nitrogens is 2. The van der Waals surface area contributed by atoms with Gasteiger partial charge in [0.1, 0.15) is 23.5 Å². The van der Waals surface area contributed by atoms with E-state index in [0.29, 0.717) is 24.5 Å². The normalized spacial score (nSPS) is 21.1. The number of amides is 2. The first-order chi connectivity index (χ1) is 17.0. The van der Waals surface area contributed by atoms with E-state index < -0.39 is 5.54 Å². The van der Waals surface area contributed by atoms with E-state index in [-0.39, 0.29) is 24.5 Å². The number of nitrogens with zero attached hydrogens (tertiary/aromatic N) is 3. The predicted octanol–water partition coefficient (Wildman–Crippen LogP) is 4.62. The number of ether oxygens (including phenoxy) is 1. The number of nitrogens with one attached hydrogen (secondary N) is 1. The number of allylic oxidation sites excluding steroid dienone is 1. The van der Waals surface area contributed by atoms with Crippen molar-refractivity contribution in [3.05, 3.63) is 65.7 Å². The molecule has 1 aromatic carbocycles. The van der Waals surface area contributed by atoms with Gasteiger partial charge in [-0.05, 0) is 51.2 Å². The van der Waals surface area contributed by atoms with Gasteiger partial charge >= 0.3 is 0 Å². The number of carbonyl (C=O) groups excluding carboxylic acids is 2. The second-order valence-corrected chi connectivity index (χ2v) is 9.94. The number of fused-ring (bicyclic) bond motifs is 1. The van der Waals surface area contributed by atoms with E-state index in [1.165, 1.54) is 18.4 Å². The van der Waals surface area contributed by atoms with Gasteiger partial charge in [0.2, 0.25) is 5.91 Å². The molecule has 2 aromatic rings. The molecule has 7 nitrogen and oxygen atoms in total. The van der Waals surface area contributed by atoms with E-state index in [1.807, 2.05) is 38.1 Å². The molecular weight excluding hydrogens is 440 g/mol. The second-order valence-electron chi connectivity index (χ2n) is 9.94. The molecule has 1 aliphatic heterocycles. The number of hydrogen-bond donors (Lipinski definition) is 1. The van der Waals surface area contributed by atoms with E-state index in [0.717, 1.165) is 38.5 Å². The molecule has 2 amide bonds. The maximum atomic E-state index is 13.7. The molecule has 0 spiro atoms. The number of aryl methyl sites for hydroxylation is 1. The van der Waals surface area contributed by atoms with Gasteiger partial charge in [0.15, 0.2) is 0 Å². The van der Waals surface area contributed by atoms with Gasteiger partial charge in [-0.15, -0.1) is 0 Å². The van der Waals surface area contributed by atoms with Gasteiger partial charge in [-0.25, -0.2) is 0 Å². The maximum absolute atomic E-state index is 13.7. The Morgan fingerprint density at radius 2 is 1.94 bits per heavy atom. The molecule has 188 valence electrons. The highest BCUT2D eigenvalue weighted by molar-refractivity contribution is 5.99. The van der Waals surface area contributed by atoms with Crippen molar-refractivity contribution in [2.24, 2.45) is 0 Å². The van der Waals surface area contributed by atoms with Crippen LogP contribution in [0.3, 0.4) is 0 Å². The van der Waals surface area contributed by atoms with Gasteiger partial charge in [0.25, 0.3) is 5.91 Å². The van der Waals surface area contributed by atoms with Gasteiger partial charge < -0.3 is 15.0 Å². The van der Waals surface area contributed by atoms with Crippen LogP contribution < -0.4 is 5.32 Å². The van der Waals surface area contributed by atoms with Crippen molar-refractivity contribution in [3.8, 4) is 0 Å². The van der Waals surface area contributed by atoms with Crippen molar-refractivity contribution in [2.45, 2.75) is 89.9 Å². The molecule has 1 atom stereocenters. The Labute approximate surface area is 208 Å². The fraction of sp³-hybridized carbons (Fsp3) is 0.536. The lowest BCUT2D eigenvalue weighted by Gasteiger charge is -2.44. The smallest absolute Gasteiger partial charge is 0.273 e. The average molecular weight is 479 g/mol. The lowest BCUT2D eigenvalue weighted by atomic mass is 9.93. The van der Waals surface area contributed by atoms with Crippen molar-refractivity contribution in [3.63, 3.8) is 0 Å². The van der Waals surface area contributed by atoms with Crippen LogP contribution in [-0.4, -0.2) is 44.6 Å². The van der Waals surface area contributed by atoms with Crippen LogP contribution in [-0.2, 0) is 29.1 Å². The Bertz CT molecular complexity index is 1020. The highest BCUT2D eigenvalue weighted by Gasteiger charge is 2.48. The molecule has 0 saturated heterocycles. The molecule has 0 bridgehead atoms. The standard InChI is InChI=1S/C28H38N4O3/c1-3-18-35-20-24-19-25-26(33)31(17-11-14-22-12-7-6-8-13-22)28(2,21-32(25)30-24)27(34)29-23-15-9-4-5-10-16-23/h3,6-8,12-13,18-19,23H,4-5,9-11,14-17,20-21H2,1-2H3,(H,29,34)/b18-3-. The third-order valence-electron chi connectivity index (χ3n) is 7.18. The summed E-state index contributed by atoms with van der Waals surface area (Å²) in [5, 5.41) is 7.90. The summed E-state index contributed by atoms with van der Waals surface area (Å²) < 4.78 is 7.17. The lowest BCUT2D eigenvalue weighted by Crippen LogP contribution is -2.65. The van der Waals surface area contributed by atoms with Crippen molar-refractivity contribution < 1.29 is 14.3 Å². The molecule has 2 aliphatic rings. The van der Waals surface area contributed by atoms with Gasteiger partial charge in [-0.3, -0.25) is 14.3 Å². The minimum atomic E-state index is -0.999. The van der Waals surface area contributed by atoms with E-state index >= 15 is 0 Å². The summed E-state index contributed by atoms with van der Waals surface area (Å²) in [6.07, 6.45) is 11.8. The van der Waals surface area contributed by atoms with E-state index in [9.17, 15) is 9.59 Å². The first-order valence-electron chi connectivity index (χ1n) is 13.0. The Hall–Kier alpha value is -3.09. The van der Waals surface area contributed by atoms with Crippen LogP contribution in [0.5, 0.6) is 0 Å². The minimum Gasteiger partial charge on any atom is -0.495 e. The minimum absolute atomic E-state index is 0.0784. The van der Waals surface area contributed by atoms with E-state index in [1.54, 1.807) is 21.9 Å². The zero-order valence-corrected chi connectivity index (χ0v) is 21.0. The molecule has 35 heavy (non-hydrogen) atoms. The van der Waals surface area contributed by atoms with Crippen molar-refractivity contribution in [2.75, 3.05) is 6.54 Å². The monoisotopic (exact) mass is 478 g/mol. The molecular formula is C28H38N4O3. The molecule has 1 unspecified atom stereocenters. The first-order valence-corrected chi connectivity index (χ1v) is 13.0. The fourth-order valence-electron chi connectivity index (χ4n) is 5.20. The quantitative estimate of drug-likeness (QED) is 0.421. The summed E-state index contributed by atoms with van der Waals surface area (Å²) in [6.45, 7) is 4.91. The predicted molar refractivity (Wildman–Crippen MR) is 136 cm³/mol. The molecule has 7 heteroatoms. The zero-order valence-electron chi connectivity index (χ0n) is 21.0. The molecule has 1 fully saturated rings. The largest absolute Gasteiger partial charge is 0.495 e. The number of hydrogen-bond acceptors (Lipinski definition) is 4. The average Bonchev–Trinajstić information content (AvgIpc) is 3.08. The summed E-state index contributed by atoms with van der Waals surface area (Å²) >= 11 is 0. The summed E-state index contributed by atoms with van der Waals surface area (Å²) in [5.41, 5.74) is 1.43. The SMILES string of the molecule is C/C=C\OCc1cc2n(n1)CC(C)(C(=O)NC1CCCCCC1)N(CCCc1ccccc1)C2=O. The molecule has 1 aliphatic carbocycles. The summed E-state index contributed by atoms with van der Waals surface area (Å²) in [6, 6.07) is 12.2. The number of benzene rings is 1.